The number of amides is 1. The Hall–Kier alpha value is -2.22. The van der Waals surface area contributed by atoms with Crippen LogP contribution in [0, 0.1) is 11.3 Å². The summed E-state index contributed by atoms with van der Waals surface area (Å²) in [7, 11) is 0. The lowest BCUT2D eigenvalue weighted by atomic mass is 9.65. The highest BCUT2D eigenvalue weighted by Crippen LogP contribution is 2.51. The van der Waals surface area contributed by atoms with Crippen molar-refractivity contribution in [3.63, 3.8) is 0 Å². The van der Waals surface area contributed by atoms with E-state index in [-0.39, 0.29) is 34.8 Å². The van der Waals surface area contributed by atoms with Crippen LogP contribution in [0.1, 0.15) is 89.5 Å². The van der Waals surface area contributed by atoms with Gasteiger partial charge >= 0.3 is 0 Å². The minimum atomic E-state index is -1.07. The monoisotopic (exact) mass is 471 g/mol. The van der Waals surface area contributed by atoms with Gasteiger partial charge in [-0.25, -0.2) is 4.98 Å². The minimum absolute atomic E-state index is 0.152. The summed E-state index contributed by atoms with van der Waals surface area (Å²) in [6.45, 7) is 3.71. The maximum atomic E-state index is 13.1. The molecule has 3 N–H and O–H groups in total. The first-order chi connectivity index (χ1) is 16.4. The number of aliphatic hydroxyl groups is 1. The molecule has 1 atom stereocenters. The average Bonchev–Trinajstić information content (AvgIpc) is 3.32. The predicted octanol–water partition coefficient (Wildman–Crippen LogP) is 3.15. The van der Waals surface area contributed by atoms with Crippen LogP contribution in [0.5, 0.6) is 0 Å². The predicted molar refractivity (Wildman–Crippen MR) is 134 cm³/mol. The van der Waals surface area contributed by atoms with Crippen LogP contribution < -0.4 is 11.3 Å². The second-order valence-corrected chi connectivity index (χ2v) is 10.7. The van der Waals surface area contributed by atoms with Crippen molar-refractivity contribution in [2.75, 3.05) is 25.4 Å². The molecule has 2 aliphatic carbocycles. The number of hydrogen-bond donors (Lipinski definition) is 2. The lowest BCUT2D eigenvalue weighted by molar-refractivity contribution is -0.160. The number of rotatable bonds is 7. The van der Waals surface area contributed by atoms with Gasteiger partial charge in [-0.2, -0.15) is 0 Å². The van der Waals surface area contributed by atoms with Crippen molar-refractivity contribution in [2.45, 2.75) is 96.1 Å². The summed E-state index contributed by atoms with van der Waals surface area (Å²) in [6, 6.07) is 0. The van der Waals surface area contributed by atoms with Gasteiger partial charge in [-0.05, 0) is 38.5 Å². The Morgan fingerprint density at radius 2 is 1.97 bits per heavy atom. The molecule has 8 heteroatoms. The molecule has 2 saturated carbocycles. The van der Waals surface area contributed by atoms with Crippen LogP contribution in [0.15, 0.2) is 16.1 Å². The second kappa shape index (κ2) is 10.6. The second-order valence-electron chi connectivity index (χ2n) is 10.7. The molecule has 8 nitrogen and oxygen atoms in total. The Balaban J connectivity index is 1.49. The molecular formula is C26H41N5O3. The Morgan fingerprint density at radius 3 is 2.68 bits per heavy atom. The van der Waals surface area contributed by atoms with E-state index in [9.17, 15) is 14.7 Å². The molecule has 1 amide bonds. The molecule has 0 aromatic carbocycles. The highest BCUT2D eigenvalue weighted by atomic mass is 16.3. The summed E-state index contributed by atoms with van der Waals surface area (Å²) < 4.78 is 1.48. The highest BCUT2D eigenvalue weighted by molar-refractivity contribution is 5.84. The standard InChI is InChI=1S/C26H41N5O3/c1-2-28-16-21-23(27)29-19-31(24(21)33)18-26(34)14-15-30(17-25(26)12-6-7-13-25)22(32)11-10-20-8-4-3-5-9-20/h16,19-20,34H,2-15,17-18,27H2,1H3. The van der Waals surface area contributed by atoms with Crippen LogP contribution in [0.4, 0.5) is 5.82 Å². The zero-order valence-electron chi connectivity index (χ0n) is 20.7. The van der Waals surface area contributed by atoms with Gasteiger partial charge in [-0.1, -0.05) is 44.9 Å². The summed E-state index contributed by atoms with van der Waals surface area (Å²) in [6.07, 6.45) is 15.2. The molecule has 2 heterocycles. The SMILES string of the molecule is CCN=Cc1c(N)ncn(CC2(O)CCN(C(=O)CCC3CCCCC3)CC23CCCC3)c1=O. The molecule has 4 rings (SSSR count). The molecule has 3 aliphatic rings. The van der Waals surface area contributed by atoms with Gasteiger partial charge in [0, 0.05) is 37.7 Å². The van der Waals surface area contributed by atoms with Gasteiger partial charge in [0.2, 0.25) is 5.91 Å². The Labute approximate surface area is 202 Å². The number of nitrogen functional groups attached to an aromatic ring is 1. The zero-order chi connectivity index (χ0) is 24.2. The quantitative estimate of drug-likeness (QED) is 0.593. The largest absolute Gasteiger partial charge is 0.387 e. The molecular weight excluding hydrogens is 430 g/mol. The molecule has 1 aromatic rings. The molecule has 1 aromatic heterocycles. The smallest absolute Gasteiger partial charge is 0.264 e. The molecule has 188 valence electrons. The van der Waals surface area contributed by atoms with Gasteiger partial charge in [-0.15, -0.1) is 0 Å². The number of aliphatic imine (C=N–C) groups is 1. The van der Waals surface area contributed by atoms with Gasteiger partial charge in [0.15, 0.2) is 0 Å². The number of carbonyl (C=O) groups excluding carboxylic acids is 1. The first-order valence-electron chi connectivity index (χ1n) is 13.2. The Kier molecular flexibility index (Phi) is 7.75. The van der Waals surface area contributed by atoms with Gasteiger partial charge in [0.05, 0.1) is 24.0 Å². The highest BCUT2D eigenvalue weighted by Gasteiger charge is 2.55. The van der Waals surface area contributed by atoms with E-state index in [2.05, 4.69) is 9.98 Å². The summed E-state index contributed by atoms with van der Waals surface area (Å²) in [4.78, 5) is 36.6. The van der Waals surface area contributed by atoms with Crippen LogP contribution in [-0.2, 0) is 11.3 Å². The molecule has 3 fully saturated rings. The Morgan fingerprint density at radius 1 is 1.24 bits per heavy atom. The van der Waals surface area contributed by atoms with E-state index < -0.39 is 5.60 Å². The normalized spacial score (nSPS) is 25.4. The topological polar surface area (TPSA) is 114 Å². The van der Waals surface area contributed by atoms with E-state index in [0.29, 0.717) is 38.4 Å². The van der Waals surface area contributed by atoms with E-state index in [1.807, 2.05) is 11.8 Å². The lowest BCUT2D eigenvalue weighted by Gasteiger charge is -2.52. The molecule has 1 aliphatic heterocycles. The fourth-order valence-corrected chi connectivity index (χ4v) is 6.49. The summed E-state index contributed by atoms with van der Waals surface area (Å²) in [5, 5.41) is 12.0. The van der Waals surface area contributed by atoms with E-state index >= 15 is 0 Å². The van der Waals surface area contributed by atoms with Gasteiger partial charge < -0.3 is 15.7 Å². The number of aromatic nitrogens is 2. The molecule has 0 bridgehead atoms. The first kappa shape index (κ1) is 24.9. The molecule has 1 spiro atoms. The van der Waals surface area contributed by atoms with Gasteiger partial charge in [-0.3, -0.25) is 19.1 Å². The van der Waals surface area contributed by atoms with Crippen molar-refractivity contribution < 1.29 is 9.90 Å². The van der Waals surface area contributed by atoms with Crippen molar-refractivity contribution >= 4 is 17.9 Å². The summed E-state index contributed by atoms with van der Waals surface area (Å²) >= 11 is 0. The van der Waals surface area contributed by atoms with Crippen molar-refractivity contribution in [1.29, 1.82) is 0 Å². The van der Waals surface area contributed by atoms with Crippen LogP contribution in [0.3, 0.4) is 0 Å². The third kappa shape index (κ3) is 5.07. The fraction of sp³-hybridized carbons (Fsp3) is 0.769. The maximum absolute atomic E-state index is 13.1. The Bertz CT molecular complexity index is 946. The van der Waals surface area contributed by atoms with Crippen molar-refractivity contribution in [2.24, 2.45) is 16.3 Å². The lowest BCUT2D eigenvalue weighted by Crippen LogP contribution is -2.62. The number of piperidine rings is 1. The summed E-state index contributed by atoms with van der Waals surface area (Å²) in [5.41, 5.74) is 4.46. The average molecular weight is 472 g/mol. The van der Waals surface area contributed by atoms with E-state index in [0.717, 1.165) is 32.1 Å². The third-order valence-corrected chi connectivity index (χ3v) is 8.62. The third-order valence-electron chi connectivity index (χ3n) is 8.62. The molecule has 1 saturated heterocycles. The van der Waals surface area contributed by atoms with Crippen LogP contribution in [0.25, 0.3) is 0 Å². The van der Waals surface area contributed by atoms with Crippen molar-refractivity contribution in [3.05, 3.63) is 22.2 Å². The number of likely N-dealkylation sites (tertiary alicyclic amines) is 1. The van der Waals surface area contributed by atoms with Gasteiger partial charge in [0.25, 0.3) is 5.56 Å². The first-order valence-corrected chi connectivity index (χ1v) is 13.2. The van der Waals surface area contributed by atoms with Crippen molar-refractivity contribution in [1.82, 2.24) is 14.5 Å². The van der Waals surface area contributed by atoms with Crippen LogP contribution in [-0.4, -0.2) is 56.9 Å². The number of nitrogens with zero attached hydrogens (tertiary/aromatic N) is 4. The molecule has 34 heavy (non-hydrogen) atoms. The van der Waals surface area contributed by atoms with Crippen LogP contribution >= 0.6 is 0 Å². The zero-order valence-corrected chi connectivity index (χ0v) is 20.7. The molecule has 0 radical (unpaired) electrons. The number of nitrogens with two attached hydrogens (primary N) is 1. The van der Waals surface area contributed by atoms with E-state index in [1.165, 1.54) is 49.2 Å². The maximum Gasteiger partial charge on any atom is 0.264 e. The number of anilines is 1. The van der Waals surface area contributed by atoms with Crippen LogP contribution in [0.2, 0.25) is 0 Å². The van der Waals surface area contributed by atoms with E-state index in [4.69, 9.17) is 5.73 Å². The van der Waals surface area contributed by atoms with E-state index in [1.54, 1.807) is 0 Å². The van der Waals surface area contributed by atoms with Gasteiger partial charge in [0.1, 0.15) is 5.82 Å². The summed E-state index contributed by atoms with van der Waals surface area (Å²) in [5.74, 6) is 1.07. The fourth-order valence-electron chi connectivity index (χ4n) is 6.49. The number of hydrogen-bond acceptors (Lipinski definition) is 6. The number of carbonyl (C=O) groups is 1. The van der Waals surface area contributed by atoms with Crippen molar-refractivity contribution in [3.8, 4) is 0 Å². The minimum Gasteiger partial charge on any atom is -0.387 e. The molecule has 1 unspecified atom stereocenters.